The van der Waals surface area contributed by atoms with Crippen LogP contribution in [0.15, 0.2) is 66.9 Å². The average Bonchev–Trinajstić information content (AvgIpc) is 3.12. The molecule has 2 heterocycles. The maximum Gasteiger partial charge on any atom is 0.322 e. The molecule has 0 bridgehead atoms. The van der Waals surface area contributed by atoms with Gasteiger partial charge in [0.25, 0.3) is 0 Å². The lowest BCUT2D eigenvalue weighted by Crippen LogP contribution is -2.44. The SMILES string of the molecule is Cc1ccc(NC(=O)N2CCn3cccc3[C@@H]2c2ccc(Cl)cc2)cc1. The molecule has 2 aromatic carbocycles. The van der Waals surface area contributed by atoms with Crippen LogP contribution in [0.2, 0.25) is 5.02 Å². The minimum atomic E-state index is -0.138. The van der Waals surface area contributed by atoms with Crippen LogP contribution in [-0.4, -0.2) is 22.0 Å². The number of halogens is 1. The number of aryl methyl sites for hydroxylation is 1. The monoisotopic (exact) mass is 365 g/mol. The first-order chi connectivity index (χ1) is 12.6. The quantitative estimate of drug-likeness (QED) is 0.675. The molecule has 0 unspecified atom stereocenters. The first-order valence-corrected chi connectivity index (χ1v) is 9.04. The van der Waals surface area contributed by atoms with Gasteiger partial charge >= 0.3 is 6.03 Å². The van der Waals surface area contributed by atoms with E-state index in [0.29, 0.717) is 11.6 Å². The summed E-state index contributed by atoms with van der Waals surface area (Å²) in [5.74, 6) is 0. The minimum absolute atomic E-state index is 0.0961. The van der Waals surface area contributed by atoms with E-state index < -0.39 is 0 Å². The van der Waals surface area contributed by atoms with E-state index in [1.165, 1.54) is 0 Å². The van der Waals surface area contributed by atoms with Crippen molar-refractivity contribution in [1.82, 2.24) is 9.47 Å². The van der Waals surface area contributed by atoms with Gasteiger partial charge in [-0.3, -0.25) is 0 Å². The summed E-state index contributed by atoms with van der Waals surface area (Å²) in [5.41, 5.74) is 4.12. The van der Waals surface area contributed by atoms with Crippen molar-refractivity contribution in [3.05, 3.63) is 88.7 Å². The second-order valence-corrected chi connectivity index (χ2v) is 7.01. The van der Waals surface area contributed by atoms with Crippen molar-refractivity contribution in [2.75, 3.05) is 11.9 Å². The predicted octanol–water partition coefficient (Wildman–Crippen LogP) is 5.09. The Morgan fingerprint density at radius 2 is 1.77 bits per heavy atom. The zero-order valence-corrected chi connectivity index (χ0v) is 15.3. The van der Waals surface area contributed by atoms with E-state index in [1.807, 2.05) is 66.4 Å². The second kappa shape index (κ2) is 6.89. The molecule has 1 N–H and O–H groups in total. The number of hydrogen-bond acceptors (Lipinski definition) is 1. The third-order valence-electron chi connectivity index (χ3n) is 4.79. The molecular weight excluding hydrogens is 346 g/mol. The van der Waals surface area contributed by atoms with Crippen molar-refractivity contribution in [3.63, 3.8) is 0 Å². The summed E-state index contributed by atoms with van der Waals surface area (Å²) in [4.78, 5) is 14.9. The van der Waals surface area contributed by atoms with E-state index in [-0.39, 0.29) is 12.1 Å². The summed E-state index contributed by atoms with van der Waals surface area (Å²) >= 11 is 6.05. The molecule has 2 amide bonds. The number of carbonyl (C=O) groups is 1. The lowest BCUT2D eigenvalue weighted by molar-refractivity contribution is 0.182. The van der Waals surface area contributed by atoms with Gasteiger partial charge in [-0.15, -0.1) is 0 Å². The van der Waals surface area contributed by atoms with E-state index in [0.717, 1.165) is 29.1 Å². The molecule has 1 aromatic heterocycles. The lowest BCUT2D eigenvalue weighted by atomic mass is 10.0. The zero-order chi connectivity index (χ0) is 18.1. The van der Waals surface area contributed by atoms with E-state index >= 15 is 0 Å². The highest BCUT2D eigenvalue weighted by Gasteiger charge is 2.32. The molecule has 1 aliphatic rings. The van der Waals surface area contributed by atoms with Gasteiger partial charge in [-0.1, -0.05) is 41.4 Å². The Morgan fingerprint density at radius 3 is 2.50 bits per heavy atom. The van der Waals surface area contributed by atoms with Gasteiger partial charge in [0.2, 0.25) is 0 Å². The fourth-order valence-corrected chi connectivity index (χ4v) is 3.56. The molecule has 4 nitrogen and oxygen atoms in total. The van der Waals surface area contributed by atoms with E-state index in [9.17, 15) is 4.79 Å². The molecule has 132 valence electrons. The van der Waals surface area contributed by atoms with E-state index in [2.05, 4.69) is 22.1 Å². The predicted molar refractivity (Wildman–Crippen MR) is 105 cm³/mol. The van der Waals surface area contributed by atoms with Crippen LogP contribution in [0.4, 0.5) is 10.5 Å². The molecule has 26 heavy (non-hydrogen) atoms. The normalized spacial score (nSPS) is 16.2. The second-order valence-electron chi connectivity index (χ2n) is 6.57. The Morgan fingerprint density at radius 1 is 1.04 bits per heavy atom. The highest BCUT2D eigenvalue weighted by Crippen LogP contribution is 2.33. The smallest absolute Gasteiger partial charge is 0.322 e. The fourth-order valence-electron chi connectivity index (χ4n) is 3.43. The number of amides is 2. The molecule has 1 atom stereocenters. The maximum absolute atomic E-state index is 13.0. The van der Waals surface area contributed by atoms with Crippen molar-refractivity contribution in [3.8, 4) is 0 Å². The van der Waals surface area contributed by atoms with Crippen LogP contribution >= 0.6 is 11.6 Å². The number of benzene rings is 2. The topological polar surface area (TPSA) is 37.3 Å². The van der Waals surface area contributed by atoms with E-state index in [1.54, 1.807) is 0 Å². The first kappa shape index (κ1) is 16.7. The van der Waals surface area contributed by atoms with Gasteiger partial charge in [0.1, 0.15) is 0 Å². The Hall–Kier alpha value is -2.72. The highest BCUT2D eigenvalue weighted by atomic mass is 35.5. The molecule has 1 aliphatic heterocycles. The van der Waals surface area contributed by atoms with Gasteiger partial charge in [0.15, 0.2) is 0 Å². The van der Waals surface area contributed by atoms with Crippen LogP contribution in [0.1, 0.15) is 22.9 Å². The molecule has 0 saturated heterocycles. The van der Waals surface area contributed by atoms with Crippen molar-refractivity contribution < 1.29 is 4.79 Å². The van der Waals surface area contributed by atoms with Crippen LogP contribution in [0.5, 0.6) is 0 Å². The third kappa shape index (κ3) is 3.20. The molecule has 0 fully saturated rings. The maximum atomic E-state index is 13.0. The number of anilines is 1. The van der Waals surface area contributed by atoms with Gasteiger partial charge in [-0.2, -0.15) is 0 Å². The fraction of sp³-hybridized carbons (Fsp3) is 0.190. The molecular formula is C21H20ClN3O. The van der Waals surface area contributed by atoms with Crippen molar-refractivity contribution >= 4 is 23.3 Å². The number of urea groups is 1. The molecule has 0 spiro atoms. The average molecular weight is 366 g/mol. The summed E-state index contributed by atoms with van der Waals surface area (Å²) in [6, 6.07) is 19.4. The first-order valence-electron chi connectivity index (χ1n) is 8.66. The van der Waals surface area contributed by atoms with Crippen molar-refractivity contribution in [2.24, 2.45) is 0 Å². The van der Waals surface area contributed by atoms with Crippen molar-refractivity contribution in [2.45, 2.75) is 19.5 Å². The van der Waals surface area contributed by atoms with Crippen molar-refractivity contribution in [1.29, 1.82) is 0 Å². The van der Waals surface area contributed by atoms with Crippen LogP contribution < -0.4 is 5.32 Å². The summed E-state index contributed by atoms with van der Waals surface area (Å²) in [5, 5.41) is 3.72. The summed E-state index contributed by atoms with van der Waals surface area (Å²) in [6.45, 7) is 3.46. The number of nitrogens with zero attached hydrogens (tertiary/aromatic N) is 2. The van der Waals surface area contributed by atoms with Gasteiger partial charge in [-0.25, -0.2) is 4.79 Å². The molecule has 5 heteroatoms. The molecule has 0 saturated carbocycles. The molecule has 3 aromatic rings. The summed E-state index contributed by atoms with van der Waals surface area (Å²) in [6.07, 6.45) is 2.06. The number of aromatic nitrogens is 1. The molecule has 0 radical (unpaired) electrons. The van der Waals surface area contributed by atoms with Gasteiger partial charge in [0.05, 0.1) is 6.04 Å². The zero-order valence-electron chi connectivity index (χ0n) is 14.5. The van der Waals surface area contributed by atoms with E-state index in [4.69, 9.17) is 11.6 Å². The highest BCUT2D eigenvalue weighted by molar-refractivity contribution is 6.30. The lowest BCUT2D eigenvalue weighted by Gasteiger charge is -2.37. The van der Waals surface area contributed by atoms with Crippen LogP contribution in [0, 0.1) is 6.92 Å². The van der Waals surface area contributed by atoms with Gasteiger partial charge in [-0.05, 0) is 48.9 Å². The minimum Gasteiger partial charge on any atom is -0.348 e. The Balaban J connectivity index is 1.66. The number of fused-ring (bicyclic) bond motifs is 1. The number of carbonyl (C=O) groups excluding carboxylic acids is 1. The molecule has 4 rings (SSSR count). The van der Waals surface area contributed by atoms with Gasteiger partial charge < -0.3 is 14.8 Å². The van der Waals surface area contributed by atoms with Crippen LogP contribution in [0.3, 0.4) is 0 Å². The van der Waals surface area contributed by atoms with Crippen LogP contribution in [-0.2, 0) is 6.54 Å². The Kier molecular flexibility index (Phi) is 4.43. The van der Waals surface area contributed by atoms with Crippen LogP contribution in [0.25, 0.3) is 0 Å². The molecule has 0 aliphatic carbocycles. The number of nitrogens with one attached hydrogen (secondary N) is 1. The summed E-state index contributed by atoms with van der Waals surface area (Å²) < 4.78 is 2.20. The Bertz CT molecular complexity index is 915. The largest absolute Gasteiger partial charge is 0.348 e. The standard InChI is InChI=1S/C21H20ClN3O/c1-15-4-10-18(11-5-15)23-21(26)25-14-13-24-12-2-3-19(24)20(25)16-6-8-17(22)9-7-16/h2-12,20H,13-14H2,1H3,(H,23,26)/t20-/m0/s1. The summed E-state index contributed by atoms with van der Waals surface area (Å²) in [7, 11) is 0. The Labute approximate surface area is 158 Å². The number of rotatable bonds is 2. The third-order valence-corrected chi connectivity index (χ3v) is 5.04. The van der Waals surface area contributed by atoms with Gasteiger partial charge in [0, 0.05) is 35.7 Å². The number of hydrogen-bond donors (Lipinski definition) is 1.